The monoisotopic (exact) mass is 313 g/mol. The van der Waals surface area contributed by atoms with Crippen molar-refractivity contribution in [3.05, 3.63) is 23.8 Å². The molecule has 0 fully saturated rings. The Balaban J connectivity index is 2.21. The topological polar surface area (TPSA) is 70.7 Å². The van der Waals surface area contributed by atoms with Gasteiger partial charge in [-0.3, -0.25) is 14.5 Å². The molecule has 1 aromatic rings. The molecule has 0 aromatic heterocycles. The van der Waals surface area contributed by atoms with Gasteiger partial charge in [-0.05, 0) is 6.92 Å². The third-order valence-corrected chi connectivity index (χ3v) is 3.27. The number of carbonyl (C=O) groups is 2. The molecule has 2 N–H and O–H groups in total. The highest BCUT2D eigenvalue weighted by Crippen LogP contribution is 2.33. The molecule has 22 heavy (non-hydrogen) atoms. The Morgan fingerprint density at radius 3 is 2.77 bits per heavy atom. The van der Waals surface area contributed by atoms with E-state index in [1.807, 2.05) is 0 Å². The van der Waals surface area contributed by atoms with E-state index in [2.05, 4.69) is 10.6 Å². The summed E-state index contributed by atoms with van der Waals surface area (Å²) in [5, 5.41) is 5.36. The summed E-state index contributed by atoms with van der Waals surface area (Å²) in [6.07, 6.45) is 0. The normalized spacial score (nSPS) is 17.0. The van der Waals surface area contributed by atoms with Gasteiger partial charge in [-0.25, -0.2) is 8.78 Å². The predicted molar refractivity (Wildman–Crippen MR) is 76.7 cm³/mol. The van der Waals surface area contributed by atoms with Crippen LogP contribution < -0.4 is 15.5 Å². The summed E-state index contributed by atoms with van der Waals surface area (Å²) in [5.41, 5.74) is 0.416. The molecule has 0 aliphatic carbocycles. The Kier molecular flexibility index (Phi) is 4.92. The van der Waals surface area contributed by atoms with E-state index in [1.54, 1.807) is 6.92 Å². The smallest absolute Gasteiger partial charge is 0.249 e. The molecule has 0 spiro atoms. The van der Waals surface area contributed by atoms with Gasteiger partial charge in [0, 0.05) is 25.8 Å². The highest BCUT2D eigenvalue weighted by molar-refractivity contribution is 6.07. The molecule has 0 saturated heterocycles. The zero-order valence-corrected chi connectivity index (χ0v) is 12.3. The molecule has 120 valence electrons. The third kappa shape index (κ3) is 3.33. The van der Waals surface area contributed by atoms with Gasteiger partial charge in [-0.1, -0.05) is 0 Å². The summed E-state index contributed by atoms with van der Waals surface area (Å²) in [7, 11) is 1.50. The SMILES string of the molecule is COCCNC(=O)CN1C(=O)C(C)Nc2cc(F)c(F)cc21. The molecular formula is C14H17F2N3O3. The first-order chi connectivity index (χ1) is 10.4. The van der Waals surface area contributed by atoms with Crippen LogP contribution in [0.3, 0.4) is 0 Å². The van der Waals surface area contributed by atoms with Crippen LogP contribution in [0.2, 0.25) is 0 Å². The molecule has 1 aliphatic rings. The van der Waals surface area contributed by atoms with Crippen LogP contribution >= 0.6 is 0 Å². The fraction of sp³-hybridized carbons (Fsp3) is 0.429. The lowest BCUT2D eigenvalue weighted by Crippen LogP contribution is -2.50. The van der Waals surface area contributed by atoms with Crippen LogP contribution in [0.4, 0.5) is 20.2 Å². The molecule has 1 aliphatic heterocycles. The lowest BCUT2D eigenvalue weighted by Gasteiger charge is -2.33. The number of methoxy groups -OCH3 is 1. The Morgan fingerprint density at radius 2 is 2.09 bits per heavy atom. The quantitative estimate of drug-likeness (QED) is 0.792. The van der Waals surface area contributed by atoms with Crippen LogP contribution in [-0.4, -0.2) is 44.7 Å². The lowest BCUT2D eigenvalue weighted by atomic mass is 10.1. The Hall–Kier alpha value is -2.22. The molecule has 2 amide bonds. The number of hydrogen-bond donors (Lipinski definition) is 2. The van der Waals surface area contributed by atoms with Crippen molar-refractivity contribution in [3.8, 4) is 0 Å². The number of carbonyl (C=O) groups excluding carboxylic acids is 2. The summed E-state index contributed by atoms with van der Waals surface area (Å²) < 4.78 is 31.6. The van der Waals surface area contributed by atoms with E-state index in [9.17, 15) is 18.4 Å². The number of rotatable bonds is 5. The number of hydrogen-bond acceptors (Lipinski definition) is 4. The van der Waals surface area contributed by atoms with Crippen LogP contribution in [0.5, 0.6) is 0 Å². The van der Waals surface area contributed by atoms with E-state index in [-0.39, 0.29) is 23.8 Å². The van der Waals surface area contributed by atoms with Crippen molar-refractivity contribution in [2.45, 2.75) is 13.0 Å². The second-order valence-corrected chi connectivity index (χ2v) is 4.92. The second-order valence-electron chi connectivity index (χ2n) is 4.92. The molecule has 1 atom stereocenters. The maximum Gasteiger partial charge on any atom is 0.249 e. The van der Waals surface area contributed by atoms with Gasteiger partial charge in [0.2, 0.25) is 11.8 Å². The second kappa shape index (κ2) is 6.69. The Morgan fingerprint density at radius 1 is 1.41 bits per heavy atom. The average molecular weight is 313 g/mol. The minimum atomic E-state index is -1.08. The highest BCUT2D eigenvalue weighted by Gasteiger charge is 2.32. The summed E-state index contributed by atoms with van der Waals surface area (Å²) in [6, 6.07) is 1.25. The number of nitrogens with one attached hydrogen (secondary N) is 2. The Labute approximate surface area is 126 Å². The van der Waals surface area contributed by atoms with E-state index in [4.69, 9.17) is 4.74 Å². The van der Waals surface area contributed by atoms with Crippen molar-refractivity contribution in [1.82, 2.24) is 5.32 Å². The van der Waals surface area contributed by atoms with Gasteiger partial charge in [-0.2, -0.15) is 0 Å². The molecule has 0 bridgehead atoms. The molecular weight excluding hydrogens is 296 g/mol. The highest BCUT2D eigenvalue weighted by atomic mass is 19.2. The van der Waals surface area contributed by atoms with E-state index in [1.165, 1.54) is 7.11 Å². The van der Waals surface area contributed by atoms with Crippen molar-refractivity contribution in [3.63, 3.8) is 0 Å². The molecule has 6 nitrogen and oxygen atoms in total. The van der Waals surface area contributed by atoms with Crippen molar-refractivity contribution < 1.29 is 23.1 Å². The minimum absolute atomic E-state index is 0.142. The Bertz CT molecular complexity index is 595. The standard InChI is InChI=1S/C14H17F2N3O3/c1-8-14(21)19(7-13(20)17-3-4-22-2)12-6-10(16)9(15)5-11(12)18-8/h5-6,8,18H,3-4,7H2,1-2H3,(H,17,20). The first kappa shape index (κ1) is 16.2. The van der Waals surface area contributed by atoms with Gasteiger partial charge in [0.25, 0.3) is 0 Å². The molecule has 1 unspecified atom stereocenters. The van der Waals surface area contributed by atoms with Crippen LogP contribution in [0.1, 0.15) is 6.92 Å². The zero-order valence-electron chi connectivity index (χ0n) is 12.3. The van der Waals surface area contributed by atoms with Crippen LogP contribution in [0.15, 0.2) is 12.1 Å². The van der Waals surface area contributed by atoms with Crippen molar-refractivity contribution in [2.24, 2.45) is 0 Å². The largest absolute Gasteiger partial charge is 0.383 e. The van der Waals surface area contributed by atoms with Crippen LogP contribution in [0.25, 0.3) is 0 Å². The number of amides is 2. The number of anilines is 2. The number of ether oxygens (including phenoxy) is 1. The van der Waals surface area contributed by atoms with Crippen molar-refractivity contribution in [2.75, 3.05) is 37.0 Å². The van der Waals surface area contributed by atoms with E-state index in [0.29, 0.717) is 13.2 Å². The van der Waals surface area contributed by atoms with Gasteiger partial charge in [0.1, 0.15) is 12.6 Å². The fourth-order valence-corrected chi connectivity index (χ4v) is 2.18. The predicted octanol–water partition coefficient (Wildman–Crippen LogP) is 0.874. The van der Waals surface area contributed by atoms with Crippen LogP contribution in [0, 0.1) is 11.6 Å². The van der Waals surface area contributed by atoms with Gasteiger partial charge < -0.3 is 15.4 Å². The van der Waals surface area contributed by atoms with Gasteiger partial charge >= 0.3 is 0 Å². The number of benzene rings is 1. The number of halogens is 2. The lowest BCUT2D eigenvalue weighted by molar-refractivity contribution is -0.124. The van der Waals surface area contributed by atoms with E-state index >= 15 is 0 Å². The summed E-state index contributed by atoms with van der Waals surface area (Å²) >= 11 is 0. The minimum Gasteiger partial charge on any atom is -0.383 e. The molecule has 1 aromatic carbocycles. The first-order valence-corrected chi connectivity index (χ1v) is 6.76. The molecule has 0 saturated carbocycles. The molecule has 2 rings (SSSR count). The third-order valence-electron chi connectivity index (χ3n) is 3.27. The summed E-state index contributed by atoms with van der Waals surface area (Å²) in [5.74, 6) is -2.89. The van der Waals surface area contributed by atoms with Gasteiger partial charge in [0.05, 0.1) is 18.0 Å². The fourth-order valence-electron chi connectivity index (χ4n) is 2.18. The van der Waals surface area contributed by atoms with Crippen molar-refractivity contribution in [1.29, 1.82) is 0 Å². The van der Waals surface area contributed by atoms with Gasteiger partial charge in [-0.15, -0.1) is 0 Å². The maximum absolute atomic E-state index is 13.4. The first-order valence-electron chi connectivity index (χ1n) is 6.76. The van der Waals surface area contributed by atoms with Gasteiger partial charge in [0.15, 0.2) is 11.6 Å². The number of nitrogens with zero attached hydrogens (tertiary/aromatic N) is 1. The van der Waals surface area contributed by atoms with E-state index in [0.717, 1.165) is 17.0 Å². The summed E-state index contributed by atoms with van der Waals surface area (Å²) in [4.78, 5) is 25.2. The van der Waals surface area contributed by atoms with Crippen molar-refractivity contribution >= 4 is 23.2 Å². The van der Waals surface area contributed by atoms with E-state index < -0.39 is 23.6 Å². The molecule has 8 heteroatoms. The molecule has 0 radical (unpaired) electrons. The molecule has 1 heterocycles. The summed E-state index contributed by atoms with van der Waals surface area (Å²) in [6.45, 7) is 1.96. The average Bonchev–Trinajstić information content (AvgIpc) is 2.47. The zero-order chi connectivity index (χ0) is 16.3. The number of fused-ring (bicyclic) bond motifs is 1. The maximum atomic E-state index is 13.4. The van der Waals surface area contributed by atoms with Crippen LogP contribution in [-0.2, 0) is 14.3 Å².